The molecule has 0 saturated carbocycles. The molecule has 3 aromatic rings. The second-order valence-electron chi connectivity index (χ2n) is 8.27. The van der Waals surface area contributed by atoms with Gasteiger partial charge in [0.1, 0.15) is 11.4 Å². The Balaban J connectivity index is 1.53. The lowest BCUT2D eigenvalue weighted by atomic mass is 9.85. The molecule has 2 aliphatic rings. The standard InChI is InChI=1S/C24H22F2N6O3S/c1-34-20-18(26)21(35-2)30-22(29-20)32-11-15-12-36-23(28-19(33)14-6-4-3-5-7-14)31-24(15,13-32)17-9-8-16(25)10-27-17/h3-10,15H,11-13H2,1-2H3,(H,28,31,33)/t15-,24-/m0/s1. The van der Waals surface area contributed by atoms with Crippen LogP contribution < -0.4 is 19.7 Å². The van der Waals surface area contributed by atoms with Crippen molar-refractivity contribution in [1.29, 1.82) is 0 Å². The highest BCUT2D eigenvalue weighted by Crippen LogP contribution is 2.46. The van der Waals surface area contributed by atoms with Crippen molar-refractivity contribution in [1.82, 2.24) is 20.3 Å². The zero-order chi connectivity index (χ0) is 25.3. The summed E-state index contributed by atoms with van der Waals surface area (Å²) < 4.78 is 38.3. The van der Waals surface area contributed by atoms with Gasteiger partial charge in [0.2, 0.25) is 11.8 Å². The van der Waals surface area contributed by atoms with Gasteiger partial charge in [0.15, 0.2) is 5.17 Å². The van der Waals surface area contributed by atoms with Gasteiger partial charge in [-0.25, -0.2) is 9.38 Å². The summed E-state index contributed by atoms with van der Waals surface area (Å²) in [6.45, 7) is 0.729. The number of amidine groups is 1. The largest absolute Gasteiger partial charge is 0.479 e. The van der Waals surface area contributed by atoms with E-state index < -0.39 is 17.2 Å². The fraction of sp³-hybridized carbons (Fsp3) is 0.292. The molecule has 1 amide bonds. The van der Waals surface area contributed by atoms with Crippen LogP contribution in [0.3, 0.4) is 0 Å². The third-order valence-corrected chi connectivity index (χ3v) is 7.18. The summed E-state index contributed by atoms with van der Waals surface area (Å²) in [5, 5.41) is 3.32. The maximum atomic E-state index is 14.4. The van der Waals surface area contributed by atoms with Crippen LogP contribution in [-0.4, -0.2) is 59.1 Å². The Morgan fingerprint density at radius 2 is 1.83 bits per heavy atom. The van der Waals surface area contributed by atoms with Gasteiger partial charge in [-0.3, -0.25) is 9.78 Å². The number of halogens is 2. The summed E-state index contributed by atoms with van der Waals surface area (Å²) in [7, 11) is 2.62. The fourth-order valence-electron chi connectivity index (χ4n) is 4.37. The van der Waals surface area contributed by atoms with E-state index >= 15 is 0 Å². The summed E-state index contributed by atoms with van der Waals surface area (Å²) in [5.41, 5.74) is 0.129. The monoisotopic (exact) mass is 512 g/mol. The maximum absolute atomic E-state index is 14.4. The number of ether oxygens (including phenoxy) is 2. The number of carbonyl (C=O) groups excluding carboxylic acids is 1. The molecular formula is C24H22F2N6O3S. The van der Waals surface area contributed by atoms with Gasteiger partial charge in [-0.05, 0) is 24.3 Å². The lowest BCUT2D eigenvalue weighted by Crippen LogP contribution is -2.43. The van der Waals surface area contributed by atoms with E-state index in [0.29, 0.717) is 28.7 Å². The van der Waals surface area contributed by atoms with E-state index in [1.165, 1.54) is 32.0 Å². The predicted octanol–water partition coefficient (Wildman–Crippen LogP) is 3.03. The first-order chi connectivity index (χ1) is 17.4. The fourth-order valence-corrected chi connectivity index (χ4v) is 5.51. The molecule has 2 aliphatic heterocycles. The van der Waals surface area contributed by atoms with Crippen LogP contribution >= 0.6 is 11.8 Å². The van der Waals surface area contributed by atoms with Gasteiger partial charge in [-0.2, -0.15) is 14.4 Å². The highest BCUT2D eigenvalue weighted by Gasteiger charge is 2.52. The summed E-state index contributed by atoms with van der Waals surface area (Å²) >= 11 is 1.41. The molecule has 0 bridgehead atoms. The molecule has 1 fully saturated rings. The second-order valence-corrected chi connectivity index (χ2v) is 9.28. The number of hydrogen-bond donors (Lipinski definition) is 1. The minimum atomic E-state index is -0.920. The Labute approximate surface area is 210 Å². The molecule has 2 aromatic heterocycles. The first-order valence-electron chi connectivity index (χ1n) is 11.0. The van der Waals surface area contributed by atoms with Crippen molar-refractivity contribution >= 4 is 28.8 Å². The lowest BCUT2D eigenvalue weighted by Gasteiger charge is -2.34. The highest BCUT2D eigenvalue weighted by molar-refractivity contribution is 8.13. The van der Waals surface area contributed by atoms with Crippen LogP contribution in [0.15, 0.2) is 53.7 Å². The van der Waals surface area contributed by atoms with Crippen LogP contribution in [-0.2, 0) is 5.54 Å². The zero-order valence-corrected chi connectivity index (χ0v) is 20.3. The number of nitrogens with zero attached hydrogens (tertiary/aromatic N) is 5. The molecule has 1 N–H and O–H groups in total. The number of carbonyl (C=O) groups is 1. The van der Waals surface area contributed by atoms with Crippen LogP contribution in [0.4, 0.5) is 14.7 Å². The number of pyridine rings is 1. The molecule has 0 radical (unpaired) electrons. The van der Waals surface area contributed by atoms with E-state index in [2.05, 4.69) is 20.3 Å². The molecule has 9 nitrogen and oxygen atoms in total. The SMILES string of the molecule is COc1nc(N2C[C@H]3CSC(NC(=O)c4ccccc4)=N[C@@]3(c3ccc(F)cn3)C2)nc(OC)c1F. The predicted molar refractivity (Wildman–Crippen MR) is 130 cm³/mol. The van der Waals surface area contributed by atoms with Gasteiger partial charge >= 0.3 is 0 Å². The van der Waals surface area contributed by atoms with Crippen molar-refractivity contribution in [3.8, 4) is 11.8 Å². The van der Waals surface area contributed by atoms with Crippen LogP contribution in [0.5, 0.6) is 11.8 Å². The van der Waals surface area contributed by atoms with Crippen molar-refractivity contribution in [3.63, 3.8) is 0 Å². The number of amides is 1. The van der Waals surface area contributed by atoms with E-state index in [0.717, 1.165) is 6.20 Å². The maximum Gasteiger partial charge on any atom is 0.259 e. The lowest BCUT2D eigenvalue weighted by molar-refractivity contribution is 0.0977. The first kappa shape index (κ1) is 23.9. The number of nitrogens with one attached hydrogen (secondary N) is 1. The third-order valence-electron chi connectivity index (χ3n) is 6.15. The number of aliphatic imine (C=N–C) groups is 1. The number of methoxy groups -OCH3 is 2. The second kappa shape index (κ2) is 9.69. The Hall–Kier alpha value is -3.80. The molecule has 1 aromatic carbocycles. The summed E-state index contributed by atoms with van der Waals surface area (Å²) in [4.78, 5) is 32.3. The van der Waals surface area contributed by atoms with Gasteiger partial charge < -0.3 is 19.7 Å². The first-order valence-corrected chi connectivity index (χ1v) is 12.0. The van der Waals surface area contributed by atoms with E-state index in [-0.39, 0.29) is 36.1 Å². The van der Waals surface area contributed by atoms with Crippen LogP contribution in [0, 0.1) is 17.6 Å². The van der Waals surface area contributed by atoms with E-state index in [1.54, 1.807) is 30.3 Å². The third kappa shape index (κ3) is 4.32. The van der Waals surface area contributed by atoms with Crippen molar-refractivity contribution in [2.75, 3.05) is 38.0 Å². The molecule has 12 heteroatoms. The van der Waals surface area contributed by atoms with Crippen molar-refractivity contribution < 1.29 is 23.0 Å². The van der Waals surface area contributed by atoms with Crippen LogP contribution in [0.1, 0.15) is 16.1 Å². The Morgan fingerprint density at radius 3 is 2.47 bits per heavy atom. The van der Waals surface area contributed by atoms with Gasteiger partial charge in [0.05, 0.1) is 32.7 Å². The van der Waals surface area contributed by atoms with E-state index in [9.17, 15) is 13.6 Å². The molecule has 4 heterocycles. The molecular weight excluding hydrogens is 490 g/mol. The Kier molecular flexibility index (Phi) is 6.44. The van der Waals surface area contributed by atoms with Crippen molar-refractivity contribution in [2.24, 2.45) is 10.9 Å². The summed E-state index contributed by atoms with van der Waals surface area (Å²) in [5.74, 6) is -1.31. The molecule has 186 valence electrons. The number of fused-ring (bicyclic) bond motifs is 1. The molecule has 5 rings (SSSR count). The number of anilines is 1. The van der Waals surface area contributed by atoms with Crippen molar-refractivity contribution in [3.05, 3.63) is 71.6 Å². The van der Waals surface area contributed by atoms with Gasteiger partial charge in [0, 0.05) is 23.8 Å². The molecule has 36 heavy (non-hydrogen) atoms. The Morgan fingerprint density at radius 1 is 1.11 bits per heavy atom. The number of thioether (sulfide) groups is 1. The Bertz CT molecular complexity index is 1290. The number of benzene rings is 1. The molecule has 0 unspecified atom stereocenters. The quantitative estimate of drug-likeness (QED) is 0.557. The summed E-state index contributed by atoms with van der Waals surface area (Å²) in [6, 6.07) is 11.7. The van der Waals surface area contributed by atoms with Crippen LogP contribution in [0.2, 0.25) is 0 Å². The number of hydrogen-bond acceptors (Lipinski definition) is 9. The van der Waals surface area contributed by atoms with Gasteiger partial charge in [-0.15, -0.1) is 0 Å². The smallest absolute Gasteiger partial charge is 0.259 e. The van der Waals surface area contributed by atoms with E-state index in [4.69, 9.17) is 14.5 Å². The zero-order valence-electron chi connectivity index (χ0n) is 19.4. The average Bonchev–Trinajstić information content (AvgIpc) is 3.30. The average molecular weight is 513 g/mol. The topological polar surface area (TPSA) is 102 Å². The van der Waals surface area contributed by atoms with Crippen LogP contribution in [0.25, 0.3) is 0 Å². The van der Waals surface area contributed by atoms with E-state index in [1.807, 2.05) is 11.0 Å². The number of rotatable bonds is 5. The molecule has 1 saturated heterocycles. The normalized spacial score (nSPS) is 20.9. The van der Waals surface area contributed by atoms with Gasteiger partial charge in [0.25, 0.3) is 17.7 Å². The number of aromatic nitrogens is 3. The molecule has 0 spiro atoms. The van der Waals surface area contributed by atoms with Gasteiger partial charge in [-0.1, -0.05) is 30.0 Å². The van der Waals surface area contributed by atoms with Crippen molar-refractivity contribution in [2.45, 2.75) is 5.54 Å². The molecule has 0 aliphatic carbocycles. The molecule has 2 atom stereocenters. The highest BCUT2D eigenvalue weighted by atomic mass is 32.2. The minimum absolute atomic E-state index is 0.0801. The minimum Gasteiger partial charge on any atom is -0.479 e. The summed E-state index contributed by atoms with van der Waals surface area (Å²) in [6.07, 6.45) is 1.14.